The van der Waals surface area contributed by atoms with Crippen molar-refractivity contribution in [1.29, 1.82) is 0 Å². The van der Waals surface area contributed by atoms with E-state index in [-0.39, 0.29) is 23.7 Å². The third-order valence-corrected chi connectivity index (χ3v) is 4.89. The number of fused-ring (bicyclic) bond motifs is 2. The van der Waals surface area contributed by atoms with E-state index in [2.05, 4.69) is 15.2 Å². The molecule has 4 rings (SSSR count). The molecule has 1 N–H and O–H groups in total. The second kappa shape index (κ2) is 3.77. The molecule has 5 nitrogen and oxygen atoms in total. The summed E-state index contributed by atoms with van der Waals surface area (Å²) < 4.78 is 1.13. The van der Waals surface area contributed by atoms with Crippen LogP contribution in [0.5, 0.6) is 0 Å². The van der Waals surface area contributed by atoms with Crippen molar-refractivity contribution in [3.8, 4) is 0 Å². The average molecular weight is 273 g/mol. The van der Waals surface area contributed by atoms with Crippen LogP contribution >= 0.6 is 11.3 Å². The summed E-state index contributed by atoms with van der Waals surface area (Å²) in [4.78, 5) is 29.9. The molecule has 2 saturated heterocycles. The molecule has 0 bridgehead atoms. The van der Waals surface area contributed by atoms with Crippen LogP contribution in [-0.4, -0.2) is 29.9 Å². The lowest BCUT2D eigenvalue weighted by molar-refractivity contribution is -0.126. The van der Waals surface area contributed by atoms with Crippen molar-refractivity contribution in [2.24, 2.45) is 11.8 Å². The number of hydrogen-bond acceptors (Lipinski definition) is 5. The lowest BCUT2D eigenvalue weighted by Crippen LogP contribution is -2.31. The van der Waals surface area contributed by atoms with E-state index < -0.39 is 0 Å². The Labute approximate surface area is 113 Å². The van der Waals surface area contributed by atoms with E-state index in [1.54, 1.807) is 11.3 Å². The zero-order valence-electron chi connectivity index (χ0n) is 10.00. The summed E-state index contributed by atoms with van der Waals surface area (Å²) >= 11 is 1.61. The van der Waals surface area contributed by atoms with Crippen LogP contribution in [0.1, 0.15) is 0 Å². The number of carbonyl (C=O) groups excluding carboxylic acids is 2. The molecule has 19 heavy (non-hydrogen) atoms. The van der Waals surface area contributed by atoms with Crippen molar-refractivity contribution >= 4 is 38.5 Å². The molecule has 1 aromatic heterocycles. The molecule has 2 aliphatic heterocycles. The molecule has 0 radical (unpaired) electrons. The molecule has 2 fully saturated rings. The van der Waals surface area contributed by atoms with Crippen LogP contribution in [-0.2, 0) is 9.59 Å². The molecule has 0 aliphatic carbocycles. The van der Waals surface area contributed by atoms with Crippen molar-refractivity contribution in [3.63, 3.8) is 0 Å². The first-order valence-electron chi connectivity index (χ1n) is 6.17. The monoisotopic (exact) mass is 273 g/mol. The van der Waals surface area contributed by atoms with E-state index in [1.807, 2.05) is 24.3 Å². The Balaban J connectivity index is 1.67. The highest BCUT2D eigenvalue weighted by molar-refractivity contribution is 7.22. The number of aromatic nitrogens is 1. The van der Waals surface area contributed by atoms with Gasteiger partial charge in [-0.25, -0.2) is 4.98 Å². The maximum Gasteiger partial charge on any atom is 0.232 e. The third-order valence-electron chi connectivity index (χ3n) is 3.79. The van der Waals surface area contributed by atoms with E-state index in [4.69, 9.17) is 0 Å². The van der Waals surface area contributed by atoms with Crippen LogP contribution in [0.4, 0.5) is 5.13 Å². The fraction of sp³-hybridized carbons (Fsp3) is 0.308. The summed E-state index contributed by atoms with van der Waals surface area (Å²) in [7, 11) is 0. The molecule has 0 saturated carbocycles. The summed E-state index contributed by atoms with van der Waals surface area (Å²) in [6.45, 7) is 1.17. The molecule has 2 atom stereocenters. The molecular weight excluding hydrogens is 262 g/mol. The van der Waals surface area contributed by atoms with Crippen LogP contribution in [0.15, 0.2) is 24.3 Å². The Hall–Kier alpha value is -1.95. The second-order valence-electron chi connectivity index (χ2n) is 4.94. The van der Waals surface area contributed by atoms with Gasteiger partial charge in [-0.05, 0) is 12.1 Å². The minimum atomic E-state index is -0.209. The van der Waals surface area contributed by atoms with Gasteiger partial charge in [-0.1, -0.05) is 23.5 Å². The first-order valence-corrected chi connectivity index (χ1v) is 6.99. The van der Waals surface area contributed by atoms with Crippen molar-refractivity contribution in [3.05, 3.63) is 24.3 Å². The lowest BCUT2D eigenvalue weighted by Gasteiger charge is -2.14. The molecule has 2 amide bonds. The van der Waals surface area contributed by atoms with Crippen LogP contribution in [0, 0.1) is 11.8 Å². The van der Waals surface area contributed by atoms with Crippen molar-refractivity contribution in [2.75, 3.05) is 18.0 Å². The Kier molecular flexibility index (Phi) is 2.17. The fourth-order valence-electron chi connectivity index (χ4n) is 2.79. The van der Waals surface area contributed by atoms with Crippen LogP contribution in [0.3, 0.4) is 0 Å². The summed E-state index contributed by atoms with van der Waals surface area (Å²) in [5.41, 5.74) is 0.968. The number of thiazole rings is 1. The van der Waals surface area contributed by atoms with Gasteiger partial charge in [0.05, 0.1) is 22.1 Å². The van der Waals surface area contributed by atoms with Crippen molar-refractivity contribution in [2.45, 2.75) is 0 Å². The van der Waals surface area contributed by atoms with E-state index in [1.165, 1.54) is 0 Å². The van der Waals surface area contributed by atoms with Gasteiger partial charge in [-0.15, -0.1) is 0 Å². The molecule has 96 valence electrons. The Morgan fingerprint density at radius 1 is 1.16 bits per heavy atom. The number of para-hydroxylation sites is 1. The van der Waals surface area contributed by atoms with E-state index in [0.29, 0.717) is 13.1 Å². The zero-order chi connectivity index (χ0) is 13.0. The van der Waals surface area contributed by atoms with Gasteiger partial charge in [0.15, 0.2) is 5.13 Å². The molecular formula is C13H11N3O2S. The molecule has 0 spiro atoms. The third kappa shape index (κ3) is 1.56. The quantitative estimate of drug-likeness (QED) is 0.788. The van der Waals surface area contributed by atoms with Gasteiger partial charge in [0.2, 0.25) is 11.8 Å². The standard InChI is InChI=1S/C13H11N3O2S/c17-11-7-5-16(6-8(7)12(18)15-11)13-14-9-3-1-2-4-10(9)19-13/h1-4,7-8H,5-6H2,(H,15,17,18)/t7-,8+. The predicted molar refractivity (Wildman–Crippen MR) is 72.0 cm³/mol. The first-order chi connectivity index (χ1) is 9.22. The lowest BCUT2D eigenvalue weighted by atomic mass is 10.00. The van der Waals surface area contributed by atoms with Gasteiger partial charge >= 0.3 is 0 Å². The number of imide groups is 1. The van der Waals surface area contributed by atoms with Gasteiger partial charge in [0.25, 0.3) is 0 Å². The number of nitrogens with zero attached hydrogens (tertiary/aromatic N) is 2. The molecule has 6 heteroatoms. The Morgan fingerprint density at radius 2 is 1.84 bits per heavy atom. The number of nitrogens with one attached hydrogen (secondary N) is 1. The summed E-state index contributed by atoms with van der Waals surface area (Å²) in [6, 6.07) is 7.96. The zero-order valence-corrected chi connectivity index (χ0v) is 10.8. The number of carbonyl (C=O) groups is 2. The topological polar surface area (TPSA) is 62.3 Å². The first kappa shape index (κ1) is 10.9. The minimum absolute atomic E-state index is 0.140. The Bertz CT molecular complexity index is 641. The van der Waals surface area contributed by atoms with E-state index in [0.717, 1.165) is 15.3 Å². The summed E-state index contributed by atoms with van der Waals surface area (Å²) in [6.07, 6.45) is 0. The van der Waals surface area contributed by atoms with Gasteiger partial charge in [-0.3, -0.25) is 14.9 Å². The number of anilines is 1. The number of benzene rings is 1. The predicted octanol–water partition coefficient (Wildman–Crippen LogP) is 1.01. The molecule has 2 aromatic rings. The van der Waals surface area contributed by atoms with Crippen LogP contribution in [0.25, 0.3) is 10.2 Å². The second-order valence-corrected chi connectivity index (χ2v) is 5.94. The van der Waals surface area contributed by atoms with E-state index >= 15 is 0 Å². The number of hydrogen-bond donors (Lipinski definition) is 1. The average Bonchev–Trinajstić information content (AvgIpc) is 3.06. The highest BCUT2D eigenvalue weighted by atomic mass is 32.1. The number of rotatable bonds is 1. The molecule has 1 aromatic carbocycles. The van der Waals surface area contributed by atoms with Gasteiger partial charge in [-0.2, -0.15) is 0 Å². The van der Waals surface area contributed by atoms with Gasteiger partial charge < -0.3 is 4.90 Å². The summed E-state index contributed by atoms with van der Waals surface area (Å²) in [5.74, 6) is -0.698. The maximum atomic E-state index is 11.6. The SMILES string of the molecule is O=C1NC(=O)[C@@H]2CN(c3nc4ccccc4s3)C[C@H]12. The van der Waals surface area contributed by atoms with Crippen molar-refractivity contribution < 1.29 is 9.59 Å². The number of amides is 2. The maximum absolute atomic E-state index is 11.6. The van der Waals surface area contributed by atoms with E-state index in [9.17, 15) is 9.59 Å². The fourth-order valence-corrected chi connectivity index (χ4v) is 3.78. The highest BCUT2D eigenvalue weighted by Crippen LogP contribution is 2.35. The van der Waals surface area contributed by atoms with Crippen LogP contribution < -0.4 is 10.2 Å². The summed E-state index contributed by atoms with van der Waals surface area (Å²) in [5, 5.41) is 3.30. The largest absolute Gasteiger partial charge is 0.346 e. The normalized spacial score (nSPS) is 26.0. The molecule has 0 unspecified atom stereocenters. The molecule has 3 heterocycles. The minimum Gasteiger partial charge on any atom is -0.346 e. The Morgan fingerprint density at radius 3 is 2.53 bits per heavy atom. The highest BCUT2D eigenvalue weighted by Gasteiger charge is 2.48. The molecule has 2 aliphatic rings. The smallest absolute Gasteiger partial charge is 0.232 e. The van der Waals surface area contributed by atoms with Crippen LogP contribution in [0.2, 0.25) is 0 Å². The van der Waals surface area contributed by atoms with Crippen molar-refractivity contribution in [1.82, 2.24) is 10.3 Å². The van der Waals surface area contributed by atoms with Gasteiger partial charge in [0, 0.05) is 13.1 Å². The van der Waals surface area contributed by atoms with Gasteiger partial charge in [0.1, 0.15) is 0 Å².